The van der Waals surface area contributed by atoms with Crippen LogP contribution >= 0.6 is 11.6 Å². The predicted octanol–water partition coefficient (Wildman–Crippen LogP) is 2.96. The number of para-hydroxylation sites is 1. The number of anilines is 1. The van der Waals surface area contributed by atoms with Crippen LogP contribution in [0.5, 0.6) is 0 Å². The molecule has 0 aromatic heterocycles. The summed E-state index contributed by atoms with van der Waals surface area (Å²) in [5.74, 6) is -1.41. The molecule has 3 rings (SSSR count). The molecule has 2 aromatic rings. The summed E-state index contributed by atoms with van der Waals surface area (Å²) in [6.45, 7) is 1.51. The van der Waals surface area contributed by atoms with E-state index in [2.05, 4.69) is 5.32 Å². The molecule has 0 saturated heterocycles. The van der Waals surface area contributed by atoms with Gasteiger partial charge in [0.05, 0.1) is 21.8 Å². The molecule has 1 atom stereocenters. The number of nitrogens with one attached hydrogen (secondary N) is 1. The van der Waals surface area contributed by atoms with Gasteiger partial charge in [0.2, 0.25) is 5.91 Å². The highest BCUT2D eigenvalue weighted by molar-refractivity contribution is 6.33. The standard InChI is InChI=1S/C17H13ClN2O3/c1-10(15(21)19-14-9-5-4-8-13(14)18)20-16(22)11-6-2-3-7-12(11)17(20)23/h2-10H,1H3,(H,19,21)/t10-/m0/s1. The van der Waals surface area contributed by atoms with Gasteiger partial charge in [0.25, 0.3) is 11.8 Å². The van der Waals surface area contributed by atoms with Crippen molar-refractivity contribution in [2.75, 3.05) is 5.32 Å². The Morgan fingerprint density at radius 1 is 1.00 bits per heavy atom. The van der Waals surface area contributed by atoms with Crippen molar-refractivity contribution in [3.05, 3.63) is 64.7 Å². The number of nitrogens with zero attached hydrogens (tertiary/aromatic N) is 1. The lowest BCUT2D eigenvalue weighted by Gasteiger charge is -2.21. The van der Waals surface area contributed by atoms with E-state index in [1.54, 1.807) is 48.5 Å². The molecular formula is C17H13ClN2O3. The zero-order valence-electron chi connectivity index (χ0n) is 12.2. The highest BCUT2D eigenvalue weighted by Crippen LogP contribution is 2.26. The Balaban J connectivity index is 1.83. The van der Waals surface area contributed by atoms with Crippen molar-refractivity contribution >= 4 is 35.0 Å². The Kier molecular flexibility index (Phi) is 3.88. The van der Waals surface area contributed by atoms with E-state index in [4.69, 9.17) is 11.6 Å². The normalized spacial score (nSPS) is 14.6. The Bertz CT molecular complexity index is 784. The fourth-order valence-electron chi connectivity index (χ4n) is 2.48. The first-order valence-corrected chi connectivity index (χ1v) is 7.41. The average molecular weight is 329 g/mol. The third-order valence-corrected chi connectivity index (χ3v) is 4.05. The largest absolute Gasteiger partial charge is 0.323 e. The van der Waals surface area contributed by atoms with Gasteiger partial charge in [-0.15, -0.1) is 0 Å². The maximum Gasteiger partial charge on any atom is 0.262 e. The fourth-order valence-corrected chi connectivity index (χ4v) is 2.66. The molecule has 0 fully saturated rings. The van der Waals surface area contributed by atoms with Crippen LogP contribution in [0.15, 0.2) is 48.5 Å². The molecule has 1 aliphatic heterocycles. The Morgan fingerprint density at radius 2 is 1.52 bits per heavy atom. The van der Waals surface area contributed by atoms with Gasteiger partial charge in [0.15, 0.2) is 0 Å². The van der Waals surface area contributed by atoms with Crippen LogP contribution in [0, 0.1) is 0 Å². The molecule has 5 nitrogen and oxygen atoms in total. The minimum Gasteiger partial charge on any atom is -0.323 e. The van der Waals surface area contributed by atoms with Crippen LogP contribution in [0.25, 0.3) is 0 Å². The van der Waals surface area contributed by atoms with E-state index in [-0.39, 0.29) is 0 Å². The summed E-state index contributed by atoms with van der Waals surface area (Å²) in [7, 11) is 0. The molecule has 23 heavy (non-hydrogen) atoms. The lowest BCUT2D eigenvalue weighted by Crippen LogP contribution is -2.45. The van der Waals surface area contributed by atoms with Crippen LogP contribution in [0.1, 0.15) is 27.6 Å². The van der Waals surface area contributed by atoms with Crippen molar-refractivity contribution in [1.29, 1.82) is 0 Å². The van der Waals surface area contributed by atoms with Gasteiger partial charge >= 0.3 is 0 Å². The van der Waals surface area contributed by atoms with Crippen LogP contribution < -0.4 is 5.32 Å². The van der Waals surface area contributed by atoms with E-state index < -0.39 is 23.8 Å². The SMILES string of the molecule is C[C@@H](C(=O)Nc1ccccc1Cl)N1C(=O)c2ccccc2C1=O. The number of rotatable bonds is 3. The second-order valence-corrected chi connectivity index (χ2v) is 5.58. The Labute approximate surface area is 137 Å². The lowest BCUT2D eigenvalue weighted by atomic mass is 10.1. The van der Waals surface area contributed by atoms with E-state index in [9.17, 15) is 14.4 Å². The summed E-state index contributed by atoms with van der Waals surface area (Å²) in [6, 6.07) is 12.3. The van der Waals surface area contributed by atoms with Crippen LogP contribution in [0.3, 0.4) is 0 Å². The number of benzene rings is 2. The third-order valence-electron chi connectivity index (χ3n) is 3.72. The van der Waals surface area contributed by atoms with Crippen molar-refractivity contribution in [2.24, 2.45) is 0 Å². The predicted molar refractivity (Wildman–Crippen MR) is 86.5 cm³/mol. The number of fused-ring (bicyclic) bond motifs is 1. The Hall–Kier alpha value is -2.66. The van der Waals surface area contributed by atoms with Crippen LogP contribution in [-0.2, 0) is 4.79 Å². The van der Waals surface area contributed by atoms with Crippen LogP contribution in [-0.4, -0.2) is 28.7 Å². The summed E-state index contributed by atoms with van der Waals surface area (Å²) >= 11 is 6.00. The lowest BCUT2D eigenvalue weighted by molar-refractivity contribution is -0.119. The number of halogens is 1. The molecule has 3 amide bonds. The molecule has 0 saturated carbocycles. The molecule has 0 unspecified atom stereocenters. The number of carbonyl (C=O) groups is 3. The van der Waals surface area contributed by atoms with Crippen molar-refractivity contribution in [3.8, 4) is 0 Å². The monoisotopic (exact) mass is 328 g/mol. The van der Waals surface area contributed by atoms with Gasteiger partial charge in [0.1, 0.15) is 6.04 Å². The number of amides is 3. The fraction of sp³-hybridized carbons (Fsp3) is 0.118. The van der Waals surface area contributed by atoms with Crippen molar-refractivity contribution < 1.29 is 14.4 Å². The number of hydrogen-bond donors (Lipinski definition) is 1. The molecule has 2 aromatic carbocycles. The molecule has 116 valence electrons. The molecule has 0 radical (unpaired) electrons. The first-order valence-electron chi connectivity index (χ1n) is 7.03. The van der Waals surface area contributed by atoms with Gasteiger partial charge < -0.3 is 5.32 Å². The van der Waals surface area contributed by atoms with Gasteiger partial charge in [-0.25, -0.2) is 0 Å². The van der Waals surface area contributed by atoms with Crippen LogP contribution in [0.2, 0.25) is 5.02 Å². The van der Waals surface area contributed by atoms with Gasteiger partial charge in [-0.1, -0.05) is 35.9 Å². The van der Waals surface area contributed by atoms with E-state index in [1.165, 1.54) is 6.92 Å². The molecule has 0 aliphatic carbocycles. The van der Waals surface area contributed by atoms with Crippen molar-refractivity contribution in [1.82, 2.24) is 4.90 Å². The summed E-state index contributed by atoms with van der Waals surface area (Å²) in [5.41, 5.74) is 1.06. The molecule has 1 aliphatic rings. The number of hydrogen-bond acceptors (Lipinski definition) is 3. The maximum absolute atomic E-state index is 12.4. The molecule has 0 bridgehead atoms. The highest BCUT2D eigenvalue weighted by Gasteiger charge is 2.40. The second kappa shape index (κ2) is 5.85. The molecule has 0 spiro atoms. The zero-order chi connectivity index (χ0) is 16.6. The number of imide groups is 1. The highest BCUT2D eigenvalue weighted by atomic mass is 35.5. The van der Waals surface area contributed by atoms with E-state index in [0.717, 1.165) is 4.90 Å². The minimum atomic E-state index is -0.946. The minimum absolute atomic E-state index is 0.315. The zero-order valence-corrected chi connectivity index (χ0v) is 13.0. The van der Waals surface area contributed by atoms with Gasteiger partial charge in [-0.3, -0.25) is 19.3 Å². The topological polar surface area (TPSA) is 66.5 Å². The first kappa shape index (κ1) is 15.2. The summed E-state index contributed by atoms with van der Waals surface area (Å²) in [6.07, 6.45) is 0. The van der Waals surface area contributed by atoms with Crippen molar-refractivity contribution in [3.63, 3.8) is 0 Å². The molecular weight excluding hydrogens is 316 g/mol. The average Bonchev–Trinajstić information content (AvgIpc) is 2.81. The maximum atomic E-state index is 12.4. The third kappa shape index (κ3) is 2.59. The molecule has 1 N–H and O–H groups in total. The summed E-state index contributed by atoms with van der Waals surface area (Å²) in [5, 5.41) is 3.02. The van der Waals surface area contributed by atoms with Gasteiger partial charge in [-0.2, -0.15) is 0 Å². The van der Waals surface area contributed by atoms with Crippen molar-refractivity contribution in [2.45, 2.75) is 13.0 Å². The Morgan fingerprint density at radius 3 is 2.09 bits per heavy atom. The van der Waals surface area contributed by atoms with Gasteiger partial charge in [-0.05, 0) is 31.2 Å². The van der Waals surface area contributed by atoms with Crippen LogP contribution in [0.4, 0.5) is 5.69 Å². The van der Waals surface area contributed by atoms with E-state index >= 15 is 0 Å². The summed E-state index contributed by atoms with van der Waals surface area (Å²) < 4.78 is 0. The smallest absolute Gasteiger partial charge is 0.262 e. The summed E-state index contributed by atoms with van der Waals surface area (Å²) in [4.78, 5) is 38.1. The number of carbonyl (C=O) groups excluding carboxylic acids is 3. The second-order valence-electron chi connectivity index (χ2n) is 5.17. The van der Waals surface area contributed by atoms with E-state index in [1.807, 2.05) is 0 Å². The quantitative estimate of drug-likeness (QED) is 0.881. The molecule has 1 heterocycles. The molecule has 6 heteroatoms. The van der Waals surface area contributed by atoms with Gasteiger partial charge in [0, 0.05) is 0 Å². The first-order chi connectivity index (χ1) is 11.0. The van der Waals surface area contributed by atoms with E-state index in [0.29, 0.717) is 21.8 Å².